The van der Waals surface area contributed by atoms with E-state index >= 15 is 0 Å². The van der Waals surface area contributed by atoms with Crippen molar-refractivity contribution in [2.24, 2.45) is 0 Å². The number of benzene rings is 6. The minimum Gasteiger partial charge on any atom is -0.497 e. The van der Waals surface area contributed by atoms with Crippen molar-refractivity contribution in [1.29, 1.82) is 0 Å². The average Bonchev–Trinajstić information content (AvgIpc) is 4.02. The lowest BCUT2D eigenvalue weighted by atomic mass is 9.77. The van der Waals surface area contributed by atoms with Gasteiger partial charge in [-0.15, -0.1) is 0 Å². The van der Waals surface area contributed by atoms with Gasteiger partial charge in [0, 0.05) is 32.8 Å². The molecule has 8 aromatic rings. The van der Waals surface area contributed by atoms with E-state index in [1.165, 1.54) is 20.8 Å². The first kappa shape index (κ1) is 50.2. The van der Waals surface area contributed by atoms with Gasteiger partial charge in [0.15, 0.2) is 29.5 Å². The highest BCUT2D eigenvalue weighted by Gasteiger charge is 2.50. The van der Waals surface area contributed by atoms with Crippen molar-refractivity contribution in [3.63, 3.8) is 0 Å². The highest BCUT2D eigenvalue weighted by molar-refractivity contribution is 6.10. The molecule has 1 aliphatic heterocycles. The van der Waals surface area contributed by atoms with Gasteiger partial charge in [-0.2, -0.15) is 9.97 Å². The number of methoxy groups -OCH3 is 2. The summed E-state index contributed by atoms with van der Waals surface area (Å²) in [6, 6.07) is 39.7. The monoisotopic (exact) mass is 1010 g/mol. The van der Waals surface area contributed by atoms with Crippen LogP contribution < -0.4 is 19.5 Å². The fourth-order valence-electron chi connectivity index (χ4n) is 10.4. The van der Waals surface area contributed by atoms with Crippen LogP contribution in [-0.4, -0.2) is 94.4 Å². The molecule has 1 saturated heterocycles. The molecule has 0 bridgehead atoms. The second-order valence-corrected chi connectivity index (χ2v) is 18.3. The number of hydrogen-bond donors (Lipinski definition) is 2. The molecule has 10 rings (SSSR count). The predicted octanol–water partition coefficient (Wildman–Crippen LogP) is 9.01. The molecule has 0 amide bonds. The second kappa shape index (κ2) is 21.2. The number of esters is 3. The third-order valence-electron chi connectivity index (χ3n) is 13.6. The van der Waals surface area contributed by atoms with Gasteiger partial charge in [-0.1, -0.05) is 116 Å². The van der Waals surface area contributed by atoms with Crippen LogP contribution >= 0.6 is 0 Å². The molecule has 75 heavy (non-hydrogen) atoms. The first-order valence-electron chi connectivity index (χ1n) is 24.4. The number of carbonyl (C=O) groups is 3. The SMILES string of the molecule is C=CCOc1nc(N[C@@H]2c3c(ccc4ccc5ccccc5c34)[C@H](OC(C)=O)[C@@H](OC(C)=O)[C@H]2OC(C)=O)nc2c1ncn2[C@H]1C[C@H](O)[C@@H](COC(c2ccccc2)(c2ccc(OC)cc2)c2ccc(OC)cc2)O1. The summed E-state index contributed by atoms with van der Waals surface area (Å²) in [5.41, 5.74) is 2.95. The number of nitrogens with one attached hydrogen (secondary N) is 1. The summed E-state index contributed by atoms with van der Waals surface area (Å²) in [5, 5.41) is 18.7. The van der Waals surface area contributed by atoms with Crippen molar-refractivity contribution >= 4 is 56.6 Å². The molecule has 1 fully saturated rings. The van der Waals surface area contributed by atoms with Gasteiger partial charge in [-0.25, -0.2) is 4.98 Å². The fourth-order valence-corrected chi connectivity index (χ4v) is 10.4. The molecule has 0 radical (unpaired) electrons. The van der Waals surface area contributed by atoms with Crippen molar-refractivity contribution in [1.82, 2.24) is 19.5 Å². The summed E-state index contributed by atoms with van der Waals surface area (Å²) in [6.45, 7) is 7.57. The molecule has 17 heteroatoms. The molecule has 2 aromatic heterocycles. The lowest BCUT2D eigenvalue weighted by molar-refractivity contribution is -0.187. The molecule has 384 valence electrons. The number of fused-ring (bicyclic) bond motifs is 6. The molecule has 17 nitrogen and oxygen atoms in total. The molecule has 0 spiro atoms. The number of imidazole rings is 1. The Kier molecular flexibility index (Phi) is 14.2. The number of rotatable bonds is 17. The predicted molar refractivity (Wildman–Crippen MR) is 277 cm³/mol. The molecule has 2 aliphatic rings. The largest absolute Gasteiger partial charge is 0.497 e. The molecular formula is C58H55N5O12. The number of aliphatic hydroxyl groups excluding tert-OH is 1. The van der Waals surface area contributed by atoms with E-state index in [-0.39, 0.29) is 42.6 Å². The van der Waals surface area contributed by atoms with Crippen LogP contribution in [0.1, 0.15) is 73.4 Å². The molecule has 0 unspecified atom stereocenters. The number of carbonyl (C=O) groups excluding carboxylic acids is 3. The number of aromatic nitrogens is 4. The van der Waals surface area contributed by atoms with E-state index in [0.29, 0.717) is 22.6 Å². The Morgan fingerprint density at radius 3 is 2.03 bits per heavy atom. The average molecular weight is 1010 g/mol. The third kappa shape index (κ3) is 9.68. The van der Waals surface area contributed by atoms with Gasteiger partial charge in [0.25, 0.3) is 0 Å². The lowest BCUT2D eigenvalue weighted by Gasteiger charge is -2.42. The summed E-state index contributed by atoms with van der Waals surface area (Å²) in [5.74, 6) is -0.579. The number of nitrogens with zero attached hydrogens (tertiary/aromatic N) is 4. The van der Waals surface area contributed by atoms with Crippen LogP contribution in [0.15, 0.2) is 146 Å². The van der Waals surface area contributed by atoms with Crippen LogP contribution in [-0.2, 0) is 43.7 Å². The number of anilines is 1. The third-order valence-corrected chi connectivity index (χ3v) is 13.6. The summed E-state index contributed by atoms with van der Waals surface area (Å²) in [4.78, 5) is 53.5. The first-order valence-corrected chi connectivity index (χ1v) is 24.4. The summed E-state index contributed by atoms with van der Waals surface area (Å²) in [7, 11) is 3.23. The van der Waals surface area contributed by atoms with Gasteiger partial charge in [-0.3, -0.25) is 19.0 Å². The maximum Gasteiger partial charge on any atom is 0.303 e. The van der Waals surface area contributed by atoms with E-state index in [4.69, 9.17) is 52.8 Å². The molecule has 0 saturated carbocycles. The van der Waals surface area contributed by atoms with Gasteiger partial charge in [0.1, 0.15) is 36.0 Å². The Bertz CT molecular complexity index is 3360. The summed E-state index contributed by atoms with van der Waals surface area (Å²) >= 11 is 0. The number of ether oxygens (including phenoxy) is 8. The molecule has 3 heterocycles. The van der Waals surface area contributed by atoms with Crippen molar-refractivity contribution in [2.75, 3.05) is 32.8 Å². The Balaban J connectivity index is 1.05. The smallest absolute Gasteiger partial charge is 0.303 e. The second-order valence-electron chi connectivity index (χ2n) is 18.3. The normalized spacial score (nSPS) is 20.3. The fraction of sp³-hybridized carbons (Fsp3) is 0.276. The van der Waals surface area contributed by atoms with Crippen molar-refractivity contribution in [3.8, 4) is 17.4 Å². The zero-order valence-corrected chi connectivity index (χ0v) is 41.9. The van der Waals surface area contributed by atoms with E-state index in [1.54, 1.807) is 31.2 Å². The molecular weight excluding hydrogens is 959 g/mol. The maximum atomic E-state index is 13.2. The first-order chi connectivity index (χ1) is 36.4. The standard InChI is InChI=1S/C58H55N5O12/c1-7-29-70-56-51-55(61-57(62-56)60-50-49-44(28-19-37-18-17-36-13-11-12-16-43(36)48(37)49)52(72-33(2)64)54(74-35(4)66)53(50)73-34(3)65)63(32-59-51)47-30-45(67)46(75-47)31-71-58(38-14-9-8-10-15-38,39-20-24-41(68-5)25-21-39)40-22-26-42(69-6)27-23-40/h7-28,32,45-47,50,52-54,67H,1,29-31H2,2-6H3,(H,60,61,62)/t45-,46+,47+,50+,52-,53-,54+/m0/s1. The maximum absolute atomic E-state index is 13.2. The van der Waals surface area contributed by atoms with Gasteiger partial charge in [-0.05, 0) is 68.1 Å². The highest BCUT2D eigenvalue weighted by atomic mass is 16.6. The Hall–Kier alpha value is -8.38. The van der Waals surface area contributed by atoms with E-state index in [2.05, 4.69) is 11.9 Å². The van der Waals surface area contributed by atoms with Crippen LogP contribution in [0.4, 0.5) is 5.95 Å². The zero-order valence-electron chi connectivity index (χ0n) is 41.9. The van der Waals surface area contributed by atoms with Crippen LogP contribution in [0, 0.1) is 0 Å². The number of aliphatic hydroxyl groups is 1. The van der Waals surface area contributed by atoms with E-state index in [0.717, 1.165) is 38.2 Å². The van der Waals surface area contributed by atoms with E-state index in [1.807, 2.05) is 127 Å². The van der Waals surface area contributed by atoms with Crippen molar-refractivity contribution in [3.05, 3.63) is 174 Å². The summed E-state index contributed by atoms with van der Waals surface area (Å²) < 4.78 is 50.8. The molecule has 1 aliphatic carbocycles. The van der Waals surface area contributed by atoms with Gasteiger partial charge < -0.3 is 48.3 Å². The van der Waals surface area contributed by atoms with Gasteiger partial charge >= 0.3 is 17.9 Å². The molecule has 2 N–H and O–H groups in total. The van der Waals surface area contributed by atoms with Crippen LogP contribution in [0.25, 0.3) is 32.7 Å². The highest BCUT2D eigenvalue weighted by Crippen LogP contribution is 2.49. The quantitative estimate of drug-likeness (QED) is 0.0287. The van der Waals surface area contributed by atoms with E-state index < -0.39 is 66.3 Å². The van der Waals surface area contributed by atoms with Crippen LogP contribution in [0.5, 0.6) is 17.4 Å². The van der Waals surface area contributed by atoms with Gasteiger partial charge in [0.2, 0.25) is 11.8 Å². The van der Waals surface area contributed by atoms with E-state index in [9.17, 15) is 19.5 Å². The topological polar surface area (TPSA) is 201 Å². The summed E-state index contributed by atoms with van der Waals surface area (Å²) in [6.07, 6.45) is -3.21. The van der Waals surface area contributed by atoms with Crippen molar-refractivity contribution < 1.29 is 57.4 Å². The van der Waals surface area contributed by atoms with Crippen molar-refractivity contribution in [2.45, 2.75) is 75.6 Å². The Labute approximate surface area is 431 Å². The minimum atomic E-state index is -1.32. The molecule has 6 aromatic carbocycles. The van der Waals surface area contributed by atoms with Crippen LogP contribution in [0.3, 0.4) is 0 Å². The lowest BCUT2D eigenvalue weighted by Crippen LogP contribution is -2.50. The zero-order chi connectivity index (χ0) is 52.4. The van der Waals surface area contributed by atoms with Gasteiger partial charge in [0.05, 0.1) is 39.3 Å². The number of hydrogen-bond acceptors (Lipinski definition) is 16. The molecule has 7 atom stereocenters. The Morgan fingerprint density at radius 2 is 1.37 bits per heavy atom. The van der Waals surface area contributed by atoms with Crippen LogP contribution in [0.2, 0.25) is 0 Å². The minimum absolute atomic E-state index is 0.00576. The Morgan fingerprint density at radius 1 is 0.760 bits per heavy atom.